The Bertz CT molecular complexity index is 1140. The lowest BCUT2D eigenvalue weighted by atomic mass is 9.96. The molecule has 11 heteroatoms. The van der Waals surface area contributed by atoms with Crippen LogP contribution >= 0.6 is 15.9 Å². The van der Waals surface area contributed by atoms with Crippen molar-refractivity contribution in [1.29, 1.82) is 0 Å². The number of methoxy groups -OCH3 is 1. The van der Waals surface area contributed by atoms with E-state index in [2.05, 4.69) is 46.3 Å². The molecule has 3 N–H and O–H groups in total. The van der Waals surface area contributed by atoms with Crippen LogP contribution in [0, 0.1) is 0 Å². The summed E-state index contributed by atoms with van der Waals surface area (Å²) >= 11 is 3.39. The smallest absolute Gasteiger partial charge is 0.419 e. The maximum atomic E-state index is 13.8. The molecule has 0 spiro atoms. The molecule has 1 saturated carbocycles. The van der Waals surface area contributed by atoms with E-state index < -0.39 is 17.8 Å². The van der Waals surface area contributed by atoms with Gasteiger partial charge >= 0.3 is 12.3 Å². The van der Waals surface area contributed by atoms with Crippen molar-refractivity contribution in [1.82, 2.24) is 15.0 Å². The van der Waals surface area contributed by atoms with E-state index in [1.165, 1.54) is 13.3 Å². The second kappa shape index (κ2) is 8.97. The molecule has 1 aromatic carbocycles. The second-order valence-corrected chi connectivity index (χ2v) is 8.39. The number of ether oxygens (including phenoxy) is 1. The van der Waals surface area contributed by atoms with Gasteiger partial charge in [-0.15, -0.1) is 0 Å². The van der Waals surface area contributed by atoms with Gasteiger partial charge in [0.05, 0.1) is 28.5 Å². The van der Waals surface area contributed by atoms with E-state index >= 15 is 0 Å². The highest BCUT2D eigenvalue weighted by Crippen LogP contribution is 2.41. The zero-order chi connectivity index (χ0) is 22.9. The summed E-state index contributed by atoms with van der Waals surface area (Å²) in [5, 5.41) is 6.25. The van der Waals surface area contributed by atoms with Crippen molar-refractivity contribution in [2.24, 2.45) is 0 Å². The maximum Gasteiger partial charge on any atom is 0.419 e. The van der Waals surface area contributed by atoms with Crippen molar-refractivity contribution in [2.45, 2.75) is 44.3 Å². The first-order chi connectivity index (χ1) is 15.3. The number of amides is 1. The molecule has 2 heterocycles. The van der Waals surface area contributed by atoms with Crippen LogP contribution in [0.1, 0.15) is 37.7 Å². The number of rotatable bonds is 4. The van der Waals surface area contributed by atoms with Crippen molar-refractivity contribution in [2.75, 3.05) is 17.7 Å². The number of alkyl halides is 3. The molecule has 170 valence electrons. The van der Waals surface area contributed by atoms with E-state index in [0.29, 0.717) is 21.1 Å². The number of nitrogens with one attached hydrogen (secondary N) is 3. The molecule has 0 atom stereocenters. The minimum Gasteiger partial charge on any atom is -0.453 e. The van der Waals surface area contributed by atoms with E-state index in [0.717, 1.165) is 38.3 Å². The van der Waals surface area contributed by atoms with Crippen LogP contribution in [0.2, 0.25) is 0 Å². The minimum absolute atomic E-state index is 0.150. The third kappa shape index (κ3) is 4.52. The Balaban J connectivity index is 1.77. The predicted molar refractivity (Wildman–Crippen MR) is 119 cm³/mol. The number of carbonyl (C=O) groups is 1. The zero-order valence-corrected chi connectivity index (χ0v) is 18.7. The molecule has 3 aromatic rings. The molecule has 0 bridgehead atoms. The molecule has 0 unspecified atom stereocenters. The van der Waals surface area contributed by atoms with Gasteiger partial charge in [0.15, 0.2) is 0 Å². The number of carbonyl (C=O) groups excluding carboxylic acids is 1. The van der Waals surface area contributed by atoms with Crippen LogP contribution in [0.15, 0.2) is 29.0 Å². The number of fused-ring (bicyclic) bond motifs is 1. The van der Waals surface area contributed by atoms with Crippen LogP contribution in [0.3, 0.4) is 0 Å². The summed E-state index contributed by atoms with van der Waals surface area (Å²) in [4.78, 5) is 22.7. The van der Waals surface area contributed by atoms with Crippen LogP contribution in [-0.4, -0.2) is 34.2 Å². The molecule has 0 radical (unpaired) electrons. The van der Waals surface area contributed by atoms with Crippen LogP contribution in [-0.2, 0) is 10.9 Å². The molecule has 2 aromatic heterocycles. The van der Waals surface area contributed by atoms with E-state index in [9.17, 15) is 18.0 Å². The number of halogens is 4. The first-order valence-electron chi connectivity index (χ1n) is 10.1. The van der Waals surface area contributed by atoms with Gasteiger partial charge in [-0.3, -0.25) is 5.32 Å². The average molecular weight is 512 g/mol. The molecule has 1 aliphatic carbocycles. The topological polar surface area (TPSA) is 91.9 Å². The Kier molecular flexibility index (Phi) is 6.27. The Morgan fingerprint density at radius 2 is 2.00 bits per heavy atom. The molecule has 0 aliphatic heterocycles. The summed E-state index contributed by atoms with van der Waals surface area (Å²) in [5.74, 6) is 0.178. The van der Waals surface area contributed by atoms with Gasteiger partial charge < -0.3 is 15.0 Å². The van der Waals surface area contributed by atoms with Crippen molar-refractivity contribution >= 4 is 44.6 Å². The van der Waals surface area contributed by atoms with Crippen molar-refractivity contribution in [3.05, 3.63) is 34.6 Å². The number of anilines is 2. The second-order valence-electron chi connectivity index (χ2n) is 7.60. The number of benzene rings is 1. The number of H-pyrrole nitrogens is 1. The molecule has 1 aliphatic rings. The minimum atomic E-state index is -4.62. The van der Waals surface area contributed by atoms with Gasteiger partial charge in [-0.05, 0) is 34.8 Å². The fourth-order valence-electron chi connectivity index (χ4n) is 3.91. The first kappa shape index (κ1) is 22.4. The SMILES string of the molecule is COC(=O)Nc1ccc2c(-c3nc(NC4CCCCC4)ncc3C(F)(F)F)c[nH]c2c1Br. The fourth-order valence-corrected chi connectivity index (χ4v) is 4.47. The lowest BCUT2D eigenvalue weighted by Gasteiger charge is -2.23. The zero-order valence-electron chi connectivity index (χ0n) is 17.1. The molecular formula is C21H21BrF3N5O2. The first-order valence-corrected chi connectivity index (χ1v) is 10.9. The Labute approximate surface area is 190 Å². The lowest BCUT2D eigenvalue weighted by molar-refractivity contribution is -0.137. The van der Waals surface area contributed by atoms with Gasteiger partial charge in [-0.25, -0.2) is 14.8 Å². The monoisotopic (exact) mass is 511 g/mol. The van der Waals surface area contributed by atoms with Gasteiger partial charge in [-0.1, -0.05) is 25.3 Å². The van der Waals surface area contributed by atoms with E-state index in [4.69, 9.17) is 0 Å². The molecular weight excluding hydrogens is 491 g/mol. The van der Waals surface area contributed by atoms with Gasteiger partial charge in [0, 0.05) is 29.4 Å². The summed E-state index contributed by atoms with van der Waals surface area (Å²) < 4.78 is 46.4. The molecule has 0 saturated heterocycles. The van der Waals surface area contributed by atoms with Crippen molar-refractivity contribution < 1.29 is 22.7 Å². The standard InChI is InChI=1S/C21H21BrF3N5O2/c1-32-20(31)29-15-8-7-12-13(9-26-18(12)16(15)22)17-14(21(23,24)25)10-27-19(30-17)28-11-5-3-2-4-6-11/h7-11,26H,2-6H2,1H3,(H,29,31)(H,27,28,30). The number of aromatic amines is 1. The average Bonchev–Trinajstić information content (AvgIpc) is 3.20. The van der Waals surface area contributed by atoms with Gasteiger partial charge in [0.2, 0.25) is 5.95 Å². The highest BCUT2D eigenvalue weighted by Gasteiger charge is 2.36. The number of hydrogen-bond donors (Lipinski definition) is 3. The molecule has 4 rings (SSSR count). The van der Waals surface area contributed by atoms with Crippen LogP contribution in [0.25, 0.3) is 22.2 Å². The number of aromatic nitrogens is 3. The third-order valence-electron chi connectivity index (χ3n) is 5.50. The van der Waals surface area contributed by atoms with Crippen molar-refractivity contribution in [3.63, 3.8) is 0 Å². The van der Waals surface area contributed by atoms with E-state index in [1.54, 1.807) is 12.1 Å². The Morgan fingerprint density at radius 1 is 1.25 bits per heavy atom. The van der Waals surface area contributed by atoms with E-state index in [1.807, 2.05) is 0 Å². The largest absolute Gasteiger partial charge is 0.453 e. The van der Waals surface area contributed by atoms with Crippen LogP contribution in [0.4, 0.5) is 29.6 Å². The fraction of sp³-hybridized carbons (Fsp3) is 0.381. The Morgan fingerprint density at radius 3 is 2.69 bits per heavy atom. The van der Waals surface area contributed by atoms with Crippen LogP contribution < -0.4 is 10.6 Å². The molecule has 32 heavy (non-hydrogen) atoms. The van der Waals surface area contributed by atoms with Gasteiger partial charge in [-0.2, -0.15) is 13.2 Å². The molecule has 1 fully saturated rings. The third-order valence-corrected chi connectivity index (χ3v) is 6.33. The van der Waals surface area contributed by atoms with Crippen LogP contribution in [0.5, 0.6) is 0 Å². The Hall–Kier alpha value is -2.82. The highest BCUT2D eigenvalue weighted by molar-refractivity contribution is 9.10. The van der Waals surface area contributed by atoms with Crippen molar-refractivity contribution in [3.8, 4) is 11.3 Å². The normalized spacial score (nSPS) is 15.0. The predicted octanol–water partition coefficient (Wildman–Crippen LogP) is 6.33. The summed E-state index contributed by atoms with van der Waals surface area (Å²) in [5.41, 5.74) is 0.0865. The highest BCUT2D eigenvalue weighted by atomic mass is 79.9. The van der Waals surface area contributed by atoms with Gasteiger partial charge in [0.25, 0.3) is 0 Å². The van der Waals surface area contributed by atoms with E-state index in [-0.39, 0.29) is 23.2 Å². The quantitative estimate of drug-likeness (QED) is 0.380. The number of hydrogen-bond acceptors (Lipinski definition) is 5. The maximum absolute atomic E-state index is 13.8. The van der Waals surface area contributed by atoms with Gasteiger partial charge in [0.1, 0.15) is 5.56 Å². The summed E-state index contributed by atoms with van der Waals surface area (Å²) in [6.07, 6.45) is 2.21. The summed E-state index contributed by atoms with van der Waals surface area (Å²) in [6.45, 7) is 0. The molecule has 7 nitrogen and oxygen atoms in total. The molecule has 1 amide bonds. The summed E-state index contributed by atoms with van der Waals surface area (Å²) in [7, 11) is 1.24. The lowest BCUT2D eigenvalue weighted by Crippen LogP contribution is -2.24. The summed E-state index contributed by atoms with van der Waals surface area (Å²) in [6, 6.07) is 3.35. The number of nitrogens with zero attached hydrogens (tertiary/aromatic N) is 2.